The van der Waals surface area contributed by atoms with Crippen LogP contribution in [0.4, 0.5) is 0 Å². The van der Waals surface area contributed by atoms with E-state index in [9.17, 15) is 45.9 Å². The Hall–Kier alpha value is -2.02. The predicted octanol–water partition coefficient (Wildman–Crippen LogP) is 15.5. The van der Waals surface area contributed by atoms with Crippen molar-refractivity contribution in [3.8, 4) is 0 Å². The number of epoxide rings is 1. The standard InChI is InChI=1S/C12H23NO3.C12H23NO2S.C10H18N2O2.C10H19NO3.C9H19NO2.C9H19NO.6CH4.N2/c2*1-11(2)5-9(15-7-10-8-16-10)6-12(3,4)13(11)14;1-9(2)5-8(11-7-13)6-10(3,4)12(9)14;1-9(2)5-7(8(12)13)6-10(3,4)11(9)14;1-8(2)5-7(11)6-9(3,4)10(8)12;1-8(2)6-5-7-9(3,4)10(8)11;;;;;;;1-2/h2*9-10,14H,5-8H2,1-4H3;8,14H,5-6H2,1-4H3;7,14H,5-6H2,1-4H3,(H,12,13);7,11-12H,5-6H2,1-4H3;11H,5-7H2,1-4H3;6*1H4;. The molecule has 0 aromatic carbocycles. The summed E-state index contributed by atoms with van der Waals surface area (Å²) in [6, 6.07) is -0.0269. The maximum absolute atomic E-state index is 10.9. The van der Waals surface area contributed by atoms with E-state index in [0.717, 1.165) is 57.0 Å². The van der Waals surface area contributed by atoms with Crippen LogP contribution >= 0.6 is 11.8 Å². The van der Waals surface area contributed by atoms with Crippen molar-refractivity contribution >= 4 is 23.8 Å². The molecule has 0 amide bonds. The van der Waals surface area contributed by atoms with Gasteiger partial charge in [-0.2, -0.15) is 42.1 Å². The average molecular weight is 1330 g/mol. The molecule has 8 aliphatic rings. The van der Waals surface area contributed by atoms with E-state index in [1.807, 2.05) is 94.8 Å². The first-order valence-corrected chi connectivity index (χ1v) is 31.8. The summed E-state index contributed by atoms with van der Waals surface area (Å²) in [5.74, 6) is 0.133. The normalized spacial score (nSPS) is 28.0. The molecule has 0 saturated carbocycles. The van der Waals surface area contributed by atoms with E-state index in [2.05, 4.69) is 88.1 Å². The summed E-state index contributed by atoms with van der Waals surface area (Å²) >= 11 is 1.97. The third-order valence-electron chi connectivity index (χ3n) is 18.2. The van der Waals surface area contributed by atoms with Crippen LogP contribution in [0, 0.1) is 16.7 Å². The van der Waals surface area contributed by atoms with Crippen LogP contribution in [0.2, 0.25) is 0 Å². The molecule has 22 nitrogen and oxygen atoms in total. The van der Waals surface area contributed by atoms with Gasteiger partial charge < -0.3 is 55.7 Å². The topological polar surface area (TPSA) is 306 Å². The molecule has 91 heavy (non-hydrogen) atoms. The number of rotatable bonds is 8. The number of carbonyl (C=O) groups is 1. The number of aliphatic hydroxyl groups is 1. The van der Waals surface area contributed by atoms with E-state index in [4.69, 9.17) is 30.1 Å². The highest BCUT2D eigenvalue weighted by Crippen LogP contribution is 2.43. The molecule has 8 rings (SSSR count). The van der Waals surface area contributed by atoms with Gasteiger partial charge in [-0.15, -0.1) is 0 Å². The molecule has 23 heteroatoms. The van der Waals surface area contributed by atoms with Gasteiger partial charge in [0.05, 0.1) is 50.1 Å². The van der Waals surface area contributed by atoms with Gasteiger partial charge in [0, 0.05) is 88.3 Å². The van der Waals surface area contributed by atoms with E-state index >= 15 is 0 Å². The van der Waals surface area contributed by atoms with Gasteiger partial charge in [-0.3, -0.25) is 4.79 Å². The smallest absolute Gasteiger partial charge is 0.306 e. The molecule has 0 bridgehead atoms. The minimum Gasteiger partial charge on any atom is -0.481 e. The lowest BCUT2D eigenvalue weighted by Crippen LogP contribution is -2.60. The number of ether oxygens (including phenoxy) is 3. The van der Waals surface area contributed by atoms with E-state index in [1.54, 1.807) is 6.08 Å². The Morgan fingerprint density at radius 1 is 0.473 bits per heavy atom. The molecule has 8 N–H and O–H groups in total. The summed E-state index contributed by atoms with van der Waals surface area (Å²) < 4.78 is 17.0. The van der Waals surface area contributed by atoms with Crippen LogP contribution < -0.4 is 0 Å². The fourth-order valence-corrected chi connectivity index (χ4v) is 14.8. The third-order valence-corrected chi connectivity index (χ3v) is 19.2. The number of hydroxylamine groups is 12. The molecule has 546 valence electrons. The third kappa shape index (κ3) is 28.5. The minimum atomic E-state index is -0.765. The molecule has 8 aliphatic heterocycles. The molecule has 8 heterocycles. The number of hydrogen-bond donors (Lipinski definition) is 8. The summed E-state index contributed by atoms with van der Waals surface area (Å²) in [5.41, 5.74) is -3.17. The molecular weight excluding hydrogens is 1180 g/mol. The quantitative estimate of drug-likeness (QED) is 0.0485. The number of nitrogens with zero attached hydrogens (tertiary/aromatic N) is 9. The number of hydrogen-bond acceptors (Lipinski definition) is 22. The van der Waals surface area contributed by atoms with Crippen molar-refractivity contribution in [3.05, 3.63) is 0 Å². The molecular formula is C68H145N9O13S. The van der Waals surface area contributed by atoms with Crippen molar-refractivity contribution in [2.45, 2.75) is 396 Å². The fraction of sp³-hybridized carbons (Fsp3) is 0.971. The SMILES string of the molecule is C.C.C.C.C.C.CC1(C)CC(C(=O)O)CC(C)(C)N1O.CC1(C)CC(N=C=O)CC(C)(C)N1O.CC1(C)CC(O)CC(C)(C)N1O.CC1(C)CC(OCC2CO2)CC(C)(C)N1O.CC1(C)CC(OCC2CS2)CC(C)(C)N1O.CC1(C)CCCC(C)(C)N1O.N#N. The number of isocyanates is 1. The van der Waals surface area contributed by atoms with Crippen LogP contribution in [0.15, 0.2) is 4.99 Å². The lowest BCUT2D eigenvalue weighted by atomic mass is 9.75. The van der Waals surface area contributed by atoms with Gasteiger partial charge in [-0.25, -0.2) is 9.79 Å². The summed E-state index contributed by atoms with van der Waals surface area (Å²) in [6.45, 7) is 50.3. The van der Waals surface area contributed by atoms with Gasteiger partial charge in [0.1, 0.15) is 6.10 Å². The van der Waals surface area contributed by atoms with Crippen molar-refractivity contribution < 1.29 is 65.3 Å². The number of piperidine rings is 6. The molecule has 0 aromatic heterocycles. The first kappa shape index (κ1) is 97.7. The Morgan fingerprint density at radius 3 is 0.978 bits per heavy atom. The van der Waals surface area contributed by atoms with Crippen LogP contribution in [0.1, 0.15) is 294 Å². The van der Waals surface area contributed by atoms with E-state index in [1.165, 1.54) is 42.6 Å². The Bertz CT molecular complexity index is 1980. The van der Waals surface area contributed by atoms with E-state index < -0.39 is 17.0 Å². The first-order chi connectivity index (χ1) is 38.2. The number of aliphatic imine (C=N–C) groups is 1. The molecule has 2 atom stereocenters. The maximum Gasteiger partial charge on any atom is 0.306 e. The van der Waals surface area contributed by atoms with Gasteiger partial charge in [-0.1, -0.05) is 44.6 Å². The maximum atomic E-state index is 10.9. The number of thioether (sulfide) groups is 1. The lowest BCUT2D eigenvalue weighted by molar-refractivity contribution is -0.261. The van der Waals surface area contributed by atoms with Crippen LogP contribution in [0.25, 0.3) is 0 Å². The zero-order valence-electron chi connectivity index (χ0n) is 57.1. The highest BCUT2D eigenvalue weighted by molar-refractivity contribution is 8.06. The van der Waals surface area contributed by atoms with Crippen molar-refractivity contribution in [2.24, 2.45) is 10.9 Å². The molecule has 0 radical (unpaired) electrons. The Morgan fingerprint density at radius 2 is 0.725 bits per heavy atom. The van der Waals surface area contributed by atoms with Crippen molar-refractivity contribution in [1.29, 1.82) is 10.8 Å². The highest BCUT2D eigenvalue weighted by atomic mass is 32.2. The Kier molecular flexibility index (Phi) is 39.2. The monoisotopic (exact) mass is 1330 g/mol. The number of carboxylic acid groups (broad SMARTS) is 1. The summed E-state index contributed by atoms with van der Waals surface area (Å²) in [5, 5.41) is 99.5. The molecule has 0 aliphatic carbocycles. The van der Waals surface area contributed by atoms with Crippen LogP contribution in [0.5, 0.6) is 0 Å². The summed E-state index contributed by atoms with van der Waals surface area (Å²) in [7, 11) is 0. The Labute approximate surface area is 560 Å². The molecule has 0 spiro atoms. The van der Waals surface area contributed by atoms with Gasteiger partial charge in [0.15, 0.2) is 0 Å². The van der Waals surface area contributed by atoms with Gasteiger partial charge >= 0.3 is 5.97 Å². The average Bonchev–Trinajstić information content (AvgIpc) is 1.54. The van der Waals surface area contributed by atoms with Gasteiger partial charge in [0.2, 0.25) is 6.08 Å². The molecule has 2 unspecified atom stereocenters. The van der Waals surface area contributed by atoms with Crippen LogP contribution in [-0.4, -0.2) is 212 Å². The zero-order valence-corrected chi connectivity index (χ0v) is 57.9. The largest absolute Gasteiger partial charge is 0.481 e. The van der Waals surface area contributed by atoms with Crippen LogP contribution in [-0.2, 0) is 23.8 Å². The predicted molar refractivity (Wildman–Crippen MR) is 369 cm³/mol. The van der Waals surface area contributed by atoms with Crippen LogP contribution in [0.3, 0.4) is 0 Å². The second-order valence-electron chi connectivity index (χ2n) is 32.9. The lowest BCUT2D eigenvalue weighted by Gasteiger charge is -2.51. The minimum absolute atomic E-state index is 0. The van der Waals surface area contributed by atoms with Crippen molar-refractivity contribution in [2.75, 3.05) is 25.6 Å². The number of carbonyl (C=O) groups excluding carboxylic acids is 1. The van der Waals surface area contributed by atoms with E-state index in [-0.39, 0.29) is 130 Å². The molecule has 0 aromatic rings. The van der Waals surface area contributed by atoms with E-state index in [0.29, 0.717) is 51.2 Å². The van der Waals surface area contributed by atoms with Gasteiger partial charge in [-0.05, 0) is 250 Å². The fourth-order valence-electron chi connectivity index (χ4n) is 14.4. The first-order valence-electron chi connectivity index (χ1n) is 30.8. The highest BCUT2D eigenvalue weighted by Gasteiger charge is 2.50. The number of aliphatic carboxylic acids is 1. The van der Waals surface area contributed by atoms with Crippen molar-refractivity contribution in [3.63, 3.8) is 0 Å². The molecule has 8 fully saturated rings. The summed E-state index contributed by atoms with van der Waals surface area (Å²) in [4.78, 5) is 24.9. The van der Waals surface area contributed by atoms with Gasteiger partial charge in [0.25, 0.3) is 0 Å². The number of carboxylic acids is 1. The second kappa shape index (κ2) is 36.5. The number of aliphatic hydroxyl groups excluding tert-OH is 1. The van der Waals surface area contributed by atoms with Crippen molar-refractivity contribution in [1.82, 2.24) is 30.4 Å². The molecule has 8 saturated heterocycles. The Balaban J connectivity index is -0.000000320. The zero-order chi connectivity index (χ0) is 66.3. The second-order valence-corrected chi connectivity index (χ2v) is 34.2. The summed E-state index contributed by atoms with van der Waals surface area (Å²) in [6.07, 6.45) is 12.7.